The number of aromatic nitrogens is 4. The Morgan fingerprint density at radius 3 is 1.87 bits per heavy atom. The summed E-state index contributed by atoms with van der Waals surface area (Å²) in [4.78, 5) is 16.1. The summed E-state index contributed by atoms with van der Waals surface area (Å²) in [6, 6.07) is 64.8. The van der Waals surface area contributed by atoms with Crippen molar-refractivity contribution in [3.05, 3.63) is 193 Å². The number of hydrogen-bond acceptors (Lipinski definition) is 4. The van der Waals surface area contributed by atoms with E-state index in [1.807, 2.05) is 12.1 Å². The van der Waals surface area contributed by atoms with Gasteiger partial charge in [0.05, 0.1) is 16.7 Å². The molecule has 0 radical (unpaired) electrons. The smallest absolute Gasteiger partial charge is 0.164 e. The zero-order valence-electron chi connectivity index (χ0n) is 33.5. The Hall–Kier alpha value is -7.89. The average Bonchev–Trinajstić information content (AvgIpc) is 3.92. The number of fused-ring (bicyclic) bond motifs is 11. The van der Waals surface area contributed by atoms with E-state index in [0.717, 1.165) is 60.7 Å². The first-order valence-corrected chi connectivity index (χ1v) is 20.8. The fraction of sp³-hybridized carbons (Fsp3) is 0.0536. The third kappa shape index (κ3) is 5.04. The molecular weight excluding hydrogens is 745 g/mol. The molecule has 0 spiro atoms. The molecule has 3 heterocycles. The molecule has 12 aromatic rings. The zero-order chi connectivity index (χ0) is 40.4. The Balaban J connectivity index is 1.10. The molecule has 0 saturated carbocycles. The first kappa shape index (κ1) is 34.0. The van der Waals surface area contributed by atoms with Crippen LogP contribution in [0.1, 0.15) is 25.0 Å². The summed E-state index contributed by atoms with van der Waals surface area (Å²) in [7, 11) is 0. The van der Waals surface area contributed by atoms with Crippen molar-refractivity contribution in [1.29, 1.82) is 0 Å². The second kappa shape index (κ2) is 12.6. The number of furan rings is 1. The Bertz CT molecular complexity index is 3810. The predicted octanol–water partition coefficient (Wildman–Crippen LogP) is 14.5. The van der Waals surface area contributed by atoms with Crippen LogP contribution < -0.4 is 0 Å². The summed E-state index contributed by atoms with van der Waals surface area (Å²) in [5.74, 6) is 1.82. The minimum Gasteiger partial charge on any atom is -0.456 e. The van der Waals surface area contributed by atoms with E-state index in [0.29, 0.717) is 17.5 Å². The Morgan fingerprint density at radius 1 is 0.410 bits per heavy atom. The number of nitrogens with zero attached hydrogens (tertiary/aromatic N) is 4. The van der Waals surface area contributed by atoms with Gasteiger partial charge in [-0.15, -0.1) is 0 Å². The Morgan fingerprint density at radius 2 is 1.03 bits per heavy atom. The van der Waals surface area contributed by atoms with Crippen molar-refractivity contribution in [3.8, 4) is 51.0 Å². The van der Waals surface area contributed by atoms with Crippen LogP contribution in [0.5, 0.6) is 0 Å². The first-order chi connectivity index (χ1) is 30.0. The molecule has 0 N–H and O–H groups in total. The van der Waals surface area contributed by atoms with Crippen molar-refractivity contribution >= 4 is 65.3 Å². The van der Waals surface area contributed by atoms with Gasteiger partial charge in [-0.2, -0.15) is 0 Å². The largest absolute Gasteiger partial charge is 0.456 e. The lowest BCUT2D eigenvalue weighted by atomic mass is 9.82. The van der Waals surface area contributed by atoms with Crippen LogP contribution in [-0.4, -0.2) is 19.5 Å². The molecule has 1 aliphatic carbocycles. The van der Waals surface area contributed by atoms with E-state index in [9.17, 15) is 0 Å². The third-order valence-corrected chi connectivity index (χ3v) is 13.0. The molecule has 13 rings (SSSR count). The second-order valence-corrected chi connectivity index (χ2v) is 16.8. The lowest BCUT2D eigenvalue weighted by Gasteiger charge is -2.21. The summed E-state index contributed by atoms with van der Waals surface area (Å²) in [6.07, 6.45) is 0. The number of hydrogen-bond donors (Lipinski definition) is 0. The van der Waals surface area contributed by atoms with Gasteiger partial charge in [-0.05, 0) is 86.3 Å². The quantitative estimate of drug-likeness (QED) is 0.178. The molecule has 0 unspecified atom stereocenters. The van der Waals surface area contributed by atoms with Gasteiger partial charge in [-0.1, -0.05) is 147 Å². The SMILES string of the molecule is CC1(C)c2ccccc2-c2ccc(-c3nc(-c4ccc5ccccc5c4)nc(-c4cc(-n5c6ccccc6c6cc7ccccc7cc65)cc5oc6ccccc6c45)n3)cc21. The van der Waals surface area contributed by atoms with Crippen LogP contribution in [0.3, 0.4) is 0 Å². The molecular formula is C56H36N4O. The molecule has 0 saturated heterocycles. The van der Waals surface area contributed by atoms with Gasteiger partial charge in [0, 0.05) is 49.7 Å². The monoisotopic (exact) mass is 780 g/mol. The molecule has 5 nitrogen and oxygen atoms in total. The minimum atomic E-state index is -0.178. The van der Waals surface area contributed by atoms with Crippen molar-refractivity contribution in [1.82, 2.24) is 19.5 Å². The molecule has 0 aliphatic heterocycles. The van der Waals surface area contributed by atoms with Crippen LogP contribution >= 0.6 is 0 Å². The predicted molar refractivity (Wildman–Crippen MR) is 250 cm³/mol. The van der Waals surface area contributed by atoms with Gasteiger partial charge in [0.15, 0.2) is 17.5 Å². The summed E-state index contributed by atoms with van der Waals surface area (Å²) in [5, 5.41) is 9.07. The lowest BCUT2D eigenvalue weighted by molar-refractivity contribution is 0.660. The zero-order valence-corrected chi connectivity index (χ0v) is 33.5. The van der Waals surface area contributed by atoms with E-state index in [1.165, 1.54) is 49.2 Å². The van der Waals surface area contributed by atoms with Crippen LogP contribution in [0.25, 0.3) is 116 Å². The van der Waals surface area contributed by atoms with Crippen LogP contribution in [0.4, 0.5) is 0 Å². The maximum Gasteiger partial charge on any atom is 0.164 e. The van der Waals surface area contributed by atoms with Crippen molar-refractivity contribution in [3.63, 3.8) is 0 Å². The van der Waals surface area contributed by atoms with Gasteiger partial charge in [0.25, 0.3) is 0 Å². The molecule has 0 bridgehead atoms. The van der Waals surface area contributed by atoms with Gasteiger partial charge >= 0.3 is 0 Å². The topological polar surface area (TPSA) is 56.7 Å². The number of para-hydroxylation sites is 2. The van der Waals surface area contributed by atoms with E-state index >= 15 is 0 Å². The van der Waals surface area contributed by atoms with Crippen LogP contribution in [0, 0.1) is 0 Å². The normalized spacial score (nSPS) is 13.2. The van der Waals surface area contributed by atoms with E-state index < -0.39 is 0 Å². The molecule has 5 heteroatoms. The van der Waals surface area contributed by atoms with E-state index in [4.69, 9.17) is 19.4 Å². The van der Waals surface area contributed by atoms with Crippen molar-refractivity contribution in [2.24, 2.45) is 0 Å². The fourth-order valence-corrected chi connectivity index (χ4v) is 10.0. The van der Waals surface area contributed by atoms with E-state index in [2.05, 4.69) is 188 Å². The highest BCUT2D eigenvalue weighted by Crippen LogP contribution is 2.50. The summed E-state index contributed by atoms with van der Waals surface area (Å²) >= 11 is 0. The number of rotatable bonds is 4. The van der Waals surface area contributed by atoms with Crippen LogP contribution in [0.15, 0.2) is 186 Å². The molecule has 3 aromatic heterocycles. The van der Waals surface area contributed by atoms with Crippen molar-refractivity contribution < 1.29 is 4.42 Å². The van der Waals surface area contributed by atoms with Crippen LogP contribution in [-0.2, 0) is 5.41 Å². The van der Waals surface area contributed by atoms with Crippen molar-refractivity contribution in [2.75, 3.05) is 0 Å². The minimum absolute atomic E-state index is 0.178. The fourth-order valence-electron chi connectivity index (χ4n) is 10.0. The summed E-state index contributed by atoms with van der Waals surface area (Å²) in [6.45, 7) is 4.62. The lowest BCUT2D eigenvalue weighted by Crippen LogP contribution is -2.15. The van der Waals surface area contributed by atoms with Gasteiger partial charge in [0.1, 0.15) is 11.2 Å². The number of benzene rings is 9. The standard InChI is InChI=1S/C56H36N4O/c1-56(2)46-20-10-7-17-40(46)41-26-25-38(29-47(41)56)54-57-53(37-24-23-33-13-3-4-14-34(33)27-37)58-55(59-54)45-31-39(32-51-52(45)43-19-9-12-22-50(43)61-51)60-48-21-11-8-18-42(48)44-28-35-15-5-6-16-36(35)30-49(44)60/h3-32H,1-2H3. The highest BCUT2D eigenvalue weighted by atomic mass is 16.3. The molecule has 9 aromatic carbocycles. The molecule has 0 fully saturated rings. The maximum absolute atomic E-state index is 6.75. The van der Waals surface area contributed by atoms with E-state index in [-0.39, 0.29) is 5.41 Å². The third-order valence-electron chi connectivity index (χ3n) is 13.0. The molecule has 286 valence electrons. The Kier molecular flexibility index (Phi) is 7.00. The molecule has 1 aliphatic rings. The second-order valence-electron chi connectivity index (χ2n) is 16.8. The first-order valence-electron chi connectivity index (χ1n) is 20.8. The van der Waals surface area contributed by atoms with Gasteiger partial charge in [-0.3, -0.25) is 0 Å². The maximum atomic E-state index is 6.75. The van der Waals surface area contributed by atoms with Gasteiger partial charge < -0.3 is 8.98 Å². The molecule has 0 atom stereocenters. The highest BCUT2D eigenvalue weighted by Gasteiger charge is 2.35. The van der Waals surface area contributed by atoms with Crippen LogP contribution in [0.2, 0.25) is 0 Å². The van der Waals surface area contributed by atoms with Crippen molar-refractivity contribution in [2.45, 2.75) is 19.3 Å². The summed E-state index contributed by atoms with van der Waals surface area (Å²) in [5.41, 5.74) is 12.5. The summed E-state index contributed by atoms with van der Waals surface area (Å²) < 4.78 is 9.11. The molecule has 61 heavy (non-hydrogen) atoms. The van der Waals surface area contributed by atoms with E-state index in [1.54, 1.807) is 0 Å². The van der Waals surface area contributed by atoms with Gasteiger partial charge in [0.2, 0.25) is 0 Å². The highest BCUT2D eigenvalue weighted by molar-refractivity contribution is 6.16. The average molecular weight is 781 g/mol. The molecule has 0 amide bonds. The Labute approximate surface area is 351 Å². The van der Waals surface area contributed by atoms with Gasteiger partial charge in [-0.25, -0.2) is 15.0 Å².